The Kier molecular flexibility index (Phi) is 6.82. The third kappa shape index (κ3) is 4.51. The Labute approximate surface area is 193 Å². The lowest BCUT2D eigenvalue weighted by Crippen LogP contribution is -2.49. The smallest absolute Gasteiger partial charge is 0.409 e. The number of nitrogens with zero attached hydrogens (tertiary/aromatic N) is 2. The summed E-state index contributed by atoms with van der Waals surface area (Å²) < 4.78 is 10.3. The van der Waals surface area contributed by atoms with Crippen molar-refractivity contribution in [1.29, 1.82) is 0 Å². The van der Waals surface area contributed by atoms with Crippen molar-refractivity contribution in [3.63, 3.8) is 0 Å². The van der Waals surface area contributed by atoms with E-state index < -0.39 is 12.1 Å². The highest BCUT2D eigenvalue weighted by Crippen LogP contribution is 2.38. The number of piperidine rings is 1. The highest BCUT2D eigenvalue weighted by Gasteiger charge is 2.42. The molecule has 1 saturated heterocycles. The van der Waals surface area contributed by atoms with Crippen LogP contribution in [0, 0.1) is 0 Å². The number of fused-ring (bicyclic) bond motifs is 1. The fourth-order valence-corrected chi connectivity index (χ4v) is 4.54. The summed E-state index contributed by atoms with van der Waals surface area (Å²) in [6, 6.07) is 14.6. The van der Waals surface area contributed by atoms with E-state index in [-0.39, 0.29) is 24.6 Å². The summed E-state index contributed by atoms with van der Waals surface area (Å²) in [4.78, 5) is 41.6. The molecule has 33 heavy (non-hydrogen) atoms. The number of ether oxygens (including phenoxy) is 2. The first-order valence-electron chi connectivity index (χ1n) is 11.4. The number of para-hydroxylation sites is 1. The number of carbonyl (C=O) groups is 3. The Morgan fingerprint density at radius 3 is 2.36 bits per heavy atom. The number of nitrogens with one attached hydrogen (secondary N) is 1. The Morgan fingerprint density at radius 2 is 1.64 bits per heavy atom. The van der Waals surface area contributed by atoms with E-state index in [1.165, 1.54) is 0 Å². The number of hydrogen-bond donors (Lipinski definition) is 1. The van der Waals surface area contributed by atoms with Crippen LogP contribution in [-0.4, -0.2) is 60.1 Å². The van der Waals surface area contributed by atoms with Gasteiger partial charge in [-0.05, 0) is 44.9 Å². The van der Waals surface area contributed by atoms with Gasteiger partial charge in [-0.3, -0.25) is 4.79 Å². The van der Waals surface area contributed by atoms with E-state index in [9.17, 15) is 14.4 Å². The van der Waals surface area contributed by atoms with Crippen LogP contribution in [0.1, 0.15) is 59.1 Å². The summed E-state index contributed by atoms with van der Waals surface area (Å²) in [5.74, 6) is -0.459. The van der Waals surface area contributed by atoms with Crippen molar-refractivity contribution in [2.45, 2.75) is 38.9 Å². The molecule has 8 nitrogen and oxygen atoms in total. The minimum absolute atomic E-state index is 0.0497. The summed E-state index contributed by atoms with van der Waals surface area (Å²) in [5, 5.41) is 3.44. The number of carbonyl (C=O) groups excluding carboxylic acids is 3. The Bertz CT molecular complexity index is 1030. The number of hydrogen-bond acceptors (Lipinski definition) is 6. The fraction of sp³-hybridized carbons (Fsp3) is 0.400. The van der Waals surface area contributed by atoms with Crippen molar-refractivity contribution < 1.29 is 23.9 Å². The molecule has 0 aliphatic carbocycles. The first kappa shape index (κ1) is 22.6. The Morgan fingerprint density at radius 1 is 0.970 bits per heavy atom. The topological polar surface area (TPSA) is 88.2 Å². The molecule has 0 aromatic heterocycles. The van der Waals surface area contributed by atoms with Gasteiger partial charge in [0.1, 0.15) is 6.17 Å². The molecule has 2 aliphatic heterocycles. The van der Waals surface area contributed by atoms with Crippen LogP contribution in [0.5, 0.6) is 0 Å². The zero-order valence-electron chi connectivity index (χ0n) is 19.0. The third-order valence-electron chi connectivity index (χ3n) is 6.10. The van der Waals surface area contributed by atoms with Gasteiger partial charge >= 0.3 is 12.1 Å². The maximum atomic E-state index is 13.4. The maximum Gasteiger partial charge on any atom is 0.409 e. The van der Waals surface area contributed by atoms with Gasteiger partial charge in [0, 0.05) is 30.3 Å². The van der Waals surface area contributed by atoms with Crippen LogP contribution in [-0.2, 0) is 9.47 Å². The summed E-state index contributed by atoms with van der Waals surface area (Å²) in [5.41, 5.74) is 2.55. The van der Waals surface area contributed by atoms with E-state index in [0.29, 0.717) is 49.4 Å². The van der Waals surface area contributed by atoms with Crippen molar-refractivity contribution in [2.75, 3.05) is 31.6 Å². The lowest BCUT2D eigenvalue weighted by molar-refractivity contribution is 0.0496. The van der Waals surface area contributed by atoms with E-state index in [2.05, 4.69) is 5.32 Å². The molecule has 8 heteroatoms. The van der Waals surface area contributed by atoms with Crippen LogP contribution < -0.4 is 5.32 Å². The SMILES string of the molecule is CCOC(=O)c1ccccc1N[C@@H]1c2ccccc2C(=O)N1C1CCN(C(=O)OCC)CC1. The summed E-state index contributed by atoms with van der Waals surface area (Å²) in [6.07, 6.45) is 0.556. The summed E-state index contributed by atoms with van der Waals surface area (Å²) in [7, 11) is 0. The molecule has 2 aliphatic rings. The largest absolute Gasteiger partial charge is 0.462 e. The number of anilines is 1. The van der Waals surface area contributed by atoms with Crippen molar-refractivity contribution >= 4 is 23.7 Å². The van der Waals surface area contributed by atoms with Crippen LogP contribution in [0.15, 0.2) is 48.5 Å². The number of benzene rings is 2. The first-order chi connectivity index (χ1) is 16.0. The molecule has 1 atom stereocenters. The van der Waals surface area contributed by atoms with Crippen LogP contribution in [0.2, 0.25) is 0 Å². The summed E-state index contributed by atoms with van der Waals surface area (Å²) in [6.45, 7) is 5.22. The monoisotopic (exact) mass is 451 g/mol. The lowest BCUT2D eigenvalue weighted by atomic mass is 10.0. The Balaban J connectivity index is 1.60. The molecule has 0 spiro atoms. The van der Waals surface area contributed by atoms with Crippen LogP contribution >= 0.6 is 0 Å². The minimum Gasteiger partial charge on any atom is -0.462 e. The quantitative estimate of drug-likeness (QED) is 0.667. The van der Waals surface area contributed by atoms with E-state index >= 15 is 0 Å². The number of esters is 1. The number of amides is 2. The summed E-state index contributed by atoms with van der Waals surface area (Å²) >= 11 is 0. The first-order valence-corrected chi connectivity index (χ1v) is 11.4. The second-order valence-electron chi connectivity index (χ2n) is 8.03. The van der Waals surface area contributed by atoms with E-state index in [1.54, 1.807) is 30.9 Å². The molecule has 1 N–H and O–H groups in total. The normalized spacial score (nSPS) is 18.1. The van der Waals surface area contributed by atoms with Crippen LogP contribution in [0.25, 0.3) is 0 Å². The van der Waals surface area contributed by atoms with Gasteiger partial charge in [0.25, 0.3) is 5.91 Å². The minimum atomic E-state index is -0.427. The second-order valence-corrected chi connectivity index (χ2v) is 8.03. The van der Waals surface area contributed by atoms with Crippen molar-refractivity contribution in [2.24, 2.45) is 0 Å². The van der Waals surface area contributed by atoms with E-state index in [4.69, 9.17) is 9.47 Å². The zero-order valence-corrected chi connectivity index (χ0v) is 19.0. The molecule has 1 fully saturated rings. The molecule has 174 valence electrons. The third-order valence-corrected chi connectivity index (χ3v) is 6.10. The van der Waals surface area contributed by atoms with Gasteiger partial charge in [-0.1, -0.05) is 30.3 Å². The number of rotatable bonds is 6. The molecular weight excluding hydrogens is 422 g/mol. The average Bonchev–Trinajstić information content (AvgIpc) is 3.11. The predicted molar refractivity (Wildman–Crippen MR) is 123 cm³/mol. The molecule has 2 heterocycles. The van der Waals surface area contributed by atoms with Gasteiger partial charge in [0.05, 0.1) is 24.5 Å². The zero-order chi connectivity index (χ0) is 23.4. The predicted octanol–water partition coefficient (Wildman–Crippen LogP) is 4.05. The molecule has 2 aromatic rings. The molecule has 0 radical (unpaired) electrons. The second kappa shape index (κ2) is 9.94. The Hall–Kier alpha value is -3.55. The molecule has 0 bridgehead atoms. The highest BCUT2D eigenvalue weighted by molar-refractivity contribution is 6.00. The molecule has 0 saturated carbocycles. The molecule has 2 amide bonds. The van der Waals surface area contributed by atoms with E-state index in [1.807, 2.05) is 41.3 Å². The van der Waals surface area contributed by atoms with Crippen LogP contribution in [0.3, 0.4) is 0 Å². The van der Waals surface area contributed by atoms with Gasteiger partial charge < -0.3 is 24.6 Å². The standard InChI is InChI=1S/C25H29N3O5/c1-3-32-24(30)20-11-7-8-12-21(20)26-22-18-9-5-6-10-19(18)23(29)28(22)17-13-15-27(16-14-17)25(31)33-4-2/h5-12,17,22,26H,3-4,13-16H2,1-2H3/t22-/m0/s1. The van der Waals surface area contributed by atoms with Crippen molar-refractivity contribution in [3.05, 3.63) is 65.2 Å². The van der Waals surface area contributed by atoms with Gasteiger partial charge in [-0.25, -0.2) is 9.59 Å². The average molecular weight is 452 g/mol. The van der Waals surface area contributed by atoms with Gasteiger partial charge in [0.15, 0.2) is 0 Å². The molecule has 4 rings (SSSR count). The highest BCUT2D eigenvalue weighted by atomic mass is 16.6. The van der Waals surface area contributed by atoms with Gasteiger partial charge in [-0.2, -0.15) is 0 Å². The fourth-order valence-electron chi connectivity index (χ4n) is 4.54. The maximum absolute atomic E-state index is 13.4. The molecule has 2 aromatic carbocycles. The van der Waals surface area contributed by atoms with Gasteiger partial charge in [-0.15, -0.1) is 0 Å². The van der Waals surface area contributed by atoms with Crippen molar-refractivity contribution in [3.8, 4) is 0 Å². The molecule has 0 unspecified atom stereocenters. The molecular formula is C25H29N3O5. The van der Waals surface area contributed by atoms with Crippen LogP contribution in [0.4, 0.5) is 10.5 Å². The van der Waals surface area contributed by atoms with Crippen molar-refractivity contribution in [1.82, 2.24) is 9.80 Å². The van der Waals surface area contributed by atoms with E-state index in [0.717, 1.165) is 5.56 Å². The lowest BCUT2D eigenvalue weighted by Gasteiger charge is -2.39. The number of likely N-dealkylation sites (tertiary alicyclic amines) is 1. The van der Waals surface area contributed by atoms with Gasteiger partial charge in [0.2, 0.25) is 0 Å².